The zero-order valence-corrected chi connectivity index (χ0v) is 8.12. The molecule has 0 radical (unpaired) electrons. The number of H-pyrrole nitrogens is 1. The van der Waals surface area contributed by atoms with E-state index in [1.807, 2.05) is 6.07 Å². The molecule has 2 rings (SSSR count). The van der Waals surface area contributed by atoms with Gasteiger partial charge in [-0.05, 0) is 12.1 Å². The van der Waals surface area contributed by atoms with E-state index in [0.29, 0.717) is 11.7 Å². The highest BCUT2D eigenvalue weighted by atomic mass is 35.5. The van der Waals surface area contributed by atoms with E-state index >= 15 is 0 Å². The van der Waals surface area contributed by atoms with Gasteiger partial charge in [0.05, 0.1) is 18.6 Å². The Morgan fingerprint density at radius 1 is 1.50 bits per heavy atom. The van der Waals surface area contributed by atoms with Crippen molar-refractivity contribution in [3.8, 4) is 0 Å². The third-order valence-corrected chi connectivity index (χ3v) is 1.97. The molecule has 0 aromatic carbocycles. The second-order valence-corrected chi connectivity index (χ2v) is 3.18. The predicted octanol–water partition coefficient (Wildman–Crippen LogP) is 2.07. The van der Waals surface area contributed by atoms with Gasteiger partial charge in [-0.1, -0.05) is 11.6 Å². The lowest BCUT2D eigenvalue weighted by Crippen LogP contribution is -1.99. The van der Waals surface area contributed by atoms with Crippen LogP contribution in [-0.4, -0.2) is 15.0 Å². The van der Waals surface area contributed by atoms with Crippen LogP contribution in [0, 0.1) is 0 Å². The highest BCUT2D eigenvalue weighted by Gasteiger charge is 1.95. The number of aromatic nitrogens is 3. The summed E-state index contributed by atoms with van der Waals surface area (Å²) in [6, 6.07) is 3.64. The van der Waals surface area contributed by atoms with Crippen LogP contribution in [0.15, 0.2) is 30.9 Å². The van der Waals surface area contributed by atoms with E-state index in [9.17, 15) is 0 Å². The molecule has 0 atom stereocenters. The van der Waals surface area contributed by atoms with Crippen molar-refractivity contribution in [1.29, 1.82) is 0 Å². The topological polar surface area (TPSA) is 53.6 Å². The average Bonchev–Trinajstić information content (AvgIpc) is 2.67. The number of aromatic amines is 1. The highest BCUT2D eigenvalue weighted by molar-refractivity contribution is 6.29. The van der Waals surface area contributed by atoms with Gasteiger partial charge >= 0.3 is 0 Å². The first-order chi connectivity index (χ1) is 6.84. The van der Waals surface area contributed by atoms with Crippen LogP contribution in [0.4, 0.5) is 5.69 Å². The van der Waals surface area contributed by atoms with E-state index < -0.39 is 0 Å². The Balaban J connectivity index is 1.98. The van der Waals surface area contributed by atoms with Crippen molar-refractivity contribution in [1.82, 2.24) is 15.0 Å². The average molecular weight is 209 g/mol. The molecule has 2 aromatic heterocycles. The van der Waals surface area contributed by atoms with Crippen LogP contribution in [0.2, 0.25) is 5.15 Å². The van der Waals surface area contributed by atoms with Crippen LogP contribution < -0.4 is 5.32 Å². The first-order valence-electron chi connectivity index (χ1n) is 4.17. The van der Waals surface area contributed by atoms with Gasteiger partial charge in [0, 0.05) is 18.1 Å². The number of pyridine rings is 1. The van der Waals surface area contributed by atoms with Crippen molar-refractivity contribution < 1.29 is 0 Å². The third kappa shape index (κ3) is 2.23. The van der Waals surface area contributed by atoms with Crippen molar-refractivity contribution in [2.45, 2.75) is 6.54 Å². The second kappa shape index (κ2) is 4.11. The minimum absolute atomic E-state index is 0.486. The van der Waals surface area contributed by atoms with Crippen LogP contribution in [0.1, 0.15) is 5.69 Å². The number of hydrogen-bond acceptors (Lipinski definition) is 3. The number of rotatable bonds is 3. The molecular weight excluding hydrogens is 200 g/mol. The molecule has 0 aliphatic heterocycles. The molecule has 0 bridgehead atoms. The van der Waals surface area contributed by atoms with Gasteiger partial charge in [0.1, 0.15) is 5.15 Å². The van der Waals surface area contributed by atoms with E-state index in [0.717, 1.165) is 11.4 Å². The maximum atomic E-state index is 5.73. The van der Waals surface area contributed by atoms with Crippen molar-refractivity contribution in [2.24, 2.45) is 0 Å². The monoisotopic (exact) mass is 208 g/mol. The zero-order valence-electron chi connectivity index (χ0n) is 7.37. The van der Waals surface area contributed by atoms with Gasteiger partial charge in [-0.2, -0.15) is 0 Å². The molecule has 14 heavy (non-hydrogen) atoms. The van der Waals surface area contributed by atoms with Gasteiger partial charge in [-0.3, -0.25) is 0 Å². The molecule has 2 heterocycles. The fourth-order valence-electron chi connectivity index (χ4n) is 1.09. The van der Waals surface area contributed by atoms with Gasteiger partial charge in [-0.15, -0.1) is 0 Å². The lowest BCUT2D eigenvalue weighted by atomic mass is 10.4. The molecule has 0 spiro atoms. The third-order valence-electron chi connectivity index (χ3n) is 1.76. The number of nitrogens with zero attached hydrogens (tertiary/aromatic N) is 2. The van der Waals surface area contributed by atoms with E-state index in [1.54, 1.807) is 24.8 Å². The normalized spacial score (nSPS) is 10.1. The minimum atomic E-state index is 0.486. The van der Waals surface area contributed by atoms with Gasteiger partial charge < -0.3 is 10.3 Å². The Morgan fingerprint density at radius 2 is 2.43 bits per heavy atom. The summed E-state index contributed by atoms with van der Waals surface area (Å²) >= 11 is 5.73. The number of hydrogen-bond donors (Lipinski definition) is 2. The maximum absolute atomic E-state index is 5.73. The fourth-order valence-corrected chi connectivity index (χ4v) is 1.26. The highest BCUT2D eigenvalue weighted by Crippen LogP contribution is 2.12. The Bertz CT molecular complexity index is 399. The standard InChI is InChI=1S/C9H9ClN4/c10-9-3-7(1-2-12-9)13-5-8-4-11-6-14-8/h1-4,6H,5H2,(H,11,14)(H,12,13). The molecule has 0 aliphatic rings. The summed E-state index contributed by atoms with van der Waals surface area (Å²) in [5, 5.41) is 3.68. The largest absolute Gasteiger partial charge is 0.379 e. The van der Waals surface area contributed by atoms with Gasteiger partial charge in [0.25, 0.3) is 0 Å². The molecular formula is C9H9ClN4. The van der Waals surface area contributed by atoms with Crippen molar-refractivity contribution in [3.05, 3.63) is 41.7 Å². The molecule has 0 saturated heterocycles. The van der Waals surface area contributed by atoms with E-state index in [4.69, 9.17) is 11.6 Å². The second-order valence-electron chi connectivity index (χ2n) is 2.80. The van der Waals surface area contributed by atoms with E-state index in [1.165, 1.54) is 0 Å². The molecule has 0 aliphatic carbocycles. The summed E-state index contributed by atoms with van der Waals surface area (Å²) in [5.41, 5.74) is 1.97. The van der Waals surface area contributed by atoms with Crippen molar-refractivity contribution >= 4 is 17.3 Å². The van der Waals surface area contributed by atoms with Crippen LogP contribution >= 0.6 is 11.6 Å². The van der Waals surface area contributed by atoms with Gasteiger partial charge in [-0.25, -0.2) is 9.97 Å². The number of halogens is 1. The smallest absolute Gasteiger partial charge is 0.131 e. The van der Waals surface area contributed by atoms with Gasteiger partial charge in [0.2, 0.25) is 0 Å². The first-order valence-corrected chi connectivity index (χ1v) is 4.55. The van der Waals surface area contributed by atoms with E-state index in [-0.39, 0.29) is 0 Å². The summed E-state index contributed by atoms with van der Waals surface area (Å²) in [6.07, 6.45) is 5.09. The number of anilines is 1. The maximum Gasteiger partial charge on any atom is 0.131 e. The van der Waals surface area contributed by atoms with Crippen LogP contribution in [-0.2, 0) is 6.54 Å². The van der Waals surface area contributed by atoms with Crippen LogP contribution in [0.3, 0.4) is 0 Å². The Hall–Kier alpha value is -1.55. The predicted molar refractivity (Wildman–Crippen MR) is 55.2 cm³/mol. The summed E-state index contributed by atoms with van der Waals surface area (Å²) in [4.78, 5) is 10.8. The molecule has 4 nitrogen and oxygen atoms in total. The number of nitrogens with one attached hydrogen (secondary N) is 2. The lowest BCUT2D eigenvalue weighted by molar-refractivity contribution is 1.07. The molecule has 2 N–H and O–H groups in total. The Kier molecular flexibility index (Phi) is 2.65. The molecule has 5 heteroatoms. The van der Waals surface area contributed by atoms with Crippen LogP contribution in [0.5, 0.6) is 0 Å². The van der Waals surface area contributed by atoms with Gasteiger partial charge in [0.15, 0.2) is 0 Å². The summed E-state index contributed by atoms with van der Waals surface area (Å²) in [7, 11) is 0. The summed E-state index contributed by atoms with van der Waals surface area (Å²) < 4.78 is 0. The quantitative estimate of drug-likeness (QED) is 0.760. The van der Waals surface area contributed by atoms with Crippen molar-refractivity contribution in [2.75, 3.05) is 5.32 Å². The molecule has 72 valence electrons. The summed E-state index contributed by atoms with van der Waals surface area (Å²) in [6.45, 7) is 0.695. The molecule has 0 fully saturated rings. The van der Waals surface area contributed by atoms with Crippen LogP contribution in [0.25, 0.3) is 0 Å². The Morgan fingerprint density at radius 3 is 3.14 bits per heavy atom. The zero-order chi connectivity index (χ0) is 9.80. The van der Waals surface area contributed by atoms with E-state index in [2.05, 4.69) is 20.3 Å². The SMILES string of the molecule is Clc1cc(NCc2cnc[nH]2)ccn1. The molecule has 0 unspecified atom stereocenters. The lowest BCUT2D eigenvalue weighted by Gasteiger charge is -2.03. The summed E-state index contributed by atoms with van der Waals surface area (Å²) in [5.74, 6) is 0. The Labute approximate surface area is 86.4 Å². The molecule has 0 amide bonds. The number of imidazole rings is 1. The fraction of sp³-hybridized carbons (Fsp3) is 0.111. The molecule has 2 aromatic rings. The molecule has 0 saturated carbocycles. The van der Waals surface area contributed by atoms with Crippen molar-refractivity contribution in [3.63, 3.8) is 0 Å². The first kappa shape index (κ1) is 9.02. The minimum Gasteiger partial charge on any atom is -0.379 e.